The van der Waals surface area contributed by atoms with Crippen molar-refractivity contribution in [2.75, 3.05) is 12.9 Å². The average Bonchev–Trinajstić information content (AvgIpc) is 3.16. The lowest BCUT2D eigenvalue weighted by molar-refractivity contribution is -0.384. The van der Waals surface area contributed by atoms with Crippen LogP contribution in [-0.4, -0.2) is 46.0 Å². The maximum Gasteiger partial charge on any atom is 0.329 e. The number of carbonyl (C=O) groups excluding carboxylic acids is 2. The highest BCUT2D eigenvalue weighted by atomic mass is 32.2. The van der Waals surface area contributed by atoms with E-state index in [-0.39, 0.29) is 17.0 Å². The van der Waals surface area contributed by atoms with Gasteiger partial charge in [-0.1, -0.05) is 30.3 Å². The van der Waals surface area contributed by atoms with Crippen LogP contribution in [0.3, 0.4) is 0 Å². The molecule has 7 nitrogen and oxygen atoms in total. The van der Waals surface area contributed by atoms with Crippen molar-refractivity contribution >= 4 is 29.3 Å². The molecule has 1 aliphatic heterocycles. The zero-order valence-electron chi connectivity index (χ0n) is 15.3. The van der Waals surface area contributed by atoms with Crippen LogP contribution in [0.1, 0.15) is 22.3 Å². The number of esters is 1. The van der Waals surface area contributed by atoms with E-state index in [0.717, 1.165) is 12.0 Å². The number of nitro benzene ring substituents is 1. The fourth-order valence-corrected chi connectivity index (χ4v) is 4.57. The molecule has 0 bridgehead atoms. The molecule has 1 aliphatic rings. The molecule has 28 heavy (non-hydrogen) atoms. The second-order valence-electron chi connectivity index (χ2n) is 6.37. The fraction of sp³-hybridized carbons (Fsp3) is 0.300. The molecule has 0 saturated carbocycles. The Hall–Kier alpha value is -2.87. The summed E-state index contributed by atoms with van der Waals surface area (Å²) in [5.41, 5.74) is 1.39. The van der Waals surface area contributed by atoms with Crippen LogP contribution in [0.15, 0.2) is 54.6 Å². The number of carbonyl (C=O) groups is 2. The summed E-state index contributed by atoms with van der Waals surface area (Å²) in [7, 11) is 1.30. The molecule has 2 aromatic rings. The standard InChI is InChI=1S/C20H20N2O5S/c1-27-20(24)17-13-28-18(12-7-14-5-3-2-4-6-14)21(17)19(23)15-8-10-16(11-9-15)22(25)26/h2-6,8-11,17-18H,7,12-13H2,1H3. The predicted molar refractivity (Wildman–Crippen MR) is 106 cm³/mol. The van der Waals surface area contributed by atoms with Gasteiger partial charge in [-0.05, 0) is 30.5 Å². The van der Waals surface area contributed by atoms with Gasteiger partial charge in [0.05, 0.1) is 17.4 Å². The molecule has 2 aromatic carbocycles. The van der Waals surface area contributed by atoms with Crippen molar-refractivity contribution in [2.45, 2.75) is 24.3 Å². The minimum atomic E-state index is -0.668. The van der Waals surface area contributed by atoms with E-state index in [0.29, 0.717) is 17.7 Å². The summed E-state index contributed by atoms with van der Waals surface area (Å²) in [4.78, 5) is 37.2. The molecule has 1 fully saturated rings. The predicted octanol–water partition coefficient (Wildman–Crippen LogP) is 3.28. The molecule has 2 atom stereocenters. The molecule has 8 heteroatoms. The number of nitrogens with zero attached hydrogens (tertiary/aromatic N) is 2. The van der Waals surface area contributed by atoms with Crippen LogP contribution in [0.2, 0.25) is 0 Å². The van der Waals surface area contributed by atoms with E-state index in [1.807, 2.05) is 30.3 Å². The first-order valence-corrected chi connectivity index (χ1v) is 9.86. The number of non-ortho nitro benzene ring substituents is 1. The molecule has 0 N–H and O–H groups in total. The Morgan fingerprint density at radius 3 is 2.46 bits per heavy atom. The number of thioether (sulfide) groups is 1. The van der Waals surface area contributed by atoms with Gasteiger partial charge in [0.2, 0.25) is 0 Å². The first-order chi connectivity index (χ1) is 13.5. The van der Waals surface area contributed by atoms with Crippen molar-refractivity contribution in [1.82, 2.24) is 4.90 Å². The number of methoxy groups -OCH3 is 1. The van der Waals surface area contributed by atoms with Gasteiger partial charge >= 0.3 is 5.97 Å². The lowest BCUT2D eigenvalue weighted by atomic mass is 10.1. The third kappa shape index (κ3) is 4.33. The van der Waals surface area contributed by atoms with E-state index in [1.54, 1.807) is 16.7 Å². The van der Waals surface area contributed by atoms with Crippen LogP contribution in [0.5, 0.6) is 0 Å². The lowest BCUT2D eigenvalue weighted by Crippen LogP contribution is -2.46. The Balaban J connectivity index is 1.80. The summed E-state index contributed by atoms with van der Waals surface area (Å²) < 4.78 is 4.88. The highest BCUT2D eigenvalue weighted by Crippen LogP contribution is 2.34. The first-order valence-electron chi connectivity index (χ1n) is 8.81. The zero-order chi connectivity index (χ0) is 20.1. The van der Waals surface area contributed by atoms with E-state index >= 15 is 0 Å². The van der Waals surface area contributed by atoms with Crippen LogP contribution in [0.4, 0.5) is 5.69 Å². The molecule has 0 aliphatic carbocycles. The smallest absolute Gasteiger partial charge is 0.329 e. The van der Waals surface area contributed by atoms with Crippen molar-refractivity contribution in [3.8, 4) is 0 Å². The Morgan fingerprint density at radius 2 is 1.86 bits per heavy atom. The summed E-state index contributed by atoms with van der Waals surface area (Å²) in [5.74, 6) is -0.316. The van der Waals surface area contributed by atoms with Crippen molar-refractivity contribution in [3.63, 3.8) is 0 Å². The molecule has 2 unspecified atom stereocenters. The maximum absolute atomic E-state index is 13.1. The van der Waals surface area contributed by atoms with Crippen molar-refractivity contribution in [3.05, 3.63) is 75.8 Å². The van der Waals surface area contributed by atoms with Gasteiger partial charge < -0.3 is 9.64 Å². The van der Waals surface area contributed by atoms with E-state index in [9.17, 15) is 19.7 Å². The lowest BCUT2D eigenvalue weighted by Gasteiger charge is -2.28. The van der Waals surface area contributed by atoms with E-state index in [4.69, 9.17) is 4.74 Å². The van der Waals surface area contributed by atoms with Crippen LogP contribution in [0.25, 0.3) is 0 Å². The van der Waals surface area contributed by atoms with E-state index in [1.165, 1.54) is 31.4 Å². The van der Waals surface area contributed by atoms with Crippen LogP contribution in [-0.2, 0) is 16.0 Å². The minimum Gasteiger partial charge on any atom is -0.467 e. The molecule has 0 spiro atoms. The Bertz CT molecular complexity index is 857. The highest BCUT2D eigenvalue weighted by molar-refractivity contribution is 8.00. The monoisotopic (exact) mass is 400 g/mol. The largest absolute Gasteiger partial charge is 0.467 e. The molecule has 146 valence electrons. The van der Waals surface area contributed by atoms with E-state index in [2.05, 4.69) is 0 Å². The molecular formula is C20H20N2O5S. The van der Waals surface area contributed by atoms with Gasteiger partial charge in [-0.3, -0.25) is 14.9 Å². The number of hydrogen-bond acceptors (Lipinski definition) is 6. The van der Waals surface area contributed by atoms with Crippen molar-refractivity contribution in [2.24, 2.45) is 0 Å². The molecular weight excluding hydrogens is 380 g/mol. The Morgan fingerprint density at radius 1 is 1.18 bits per heavy atom. The molecule has 0 aromatic heterocycles. The number of nitro groups is 1. The number of benzene rings is 2. The Kier molecular flexibility index (Phi) is 6.30. The number of amides is 1. The summed E-state index contributed by atoms with van der Waals surface area (Å²) in [5, 5.41) is 10.7. The van der Waals surface area contributed by atoms with Gasteiger partial charge in [-0.15, -0.1) is 11.8 Å². The zero-order valence-corrected chi connectivity index (χ0v) is 16.1. The number of hydrogen-bond donors (Lipinski definition) is 0. The number of rotatable bonds is 6. The van der Waals surface area contributed by atoms with Gasteiger partial charge in [-0.2, -0.15) is 0 Å². The van der Waals surface area contributed by atoms with Crippen LogP contribution >= 0.6 is 11.8 Å². The second kappa shape index (κ2) is 8.88. The fourth-order valence-electron chi connectivity index (χ4n) is 3.19. The van der Waals surface area contributed by atoms with E-state index < -0.39 is 16.9 Å². The van der Waals surface area contributed by atoms with Gasteiger partial charge in [0.15, 0.2) is 0 Å². The quantitative estimate of drug-likeness (QED) is 0.420. The average molecular weight is 400 g/mol. The SMILES string of the molecule is COC(=O)C1CSC(CCc2ccccc2)N1C(=O)c1ccc([N+](=O)[O-])cc1. The van der Waals surface area contributed by atoms with Gasteiger partial charge in [0.25, 0.3) is 11.6 Å². The summed E-state index contributed by atoms with van der Waals surface area (Å²) in [6, 6.07) is 14.7. The third-order valence-corrected chi connectivity index (χ3v) is 6.00. The van der Waals surface area contributed by atoms with Crippen molar-refractivity contribution < 1.29 is 19.2 Å². The minimum absolute atomic E-state index is 0.0857. The Labute approximate surface area is 166 Å². The summed E-state index contributed by atoms with van der Waals surface area (Å²) in [6.45, 7) is 0. The summed E-state index contributed by atoms with van der Waals surface area (Å²) in [6.07, 6.45) is 1.47. The molecule has 0 radical (unpaired) electrons. The number of aryl methyl sites for hydroxylation is 1. The van der Waals surface area contributed by atoms with Gasteiger partial charge in [-0.25, -0.2) is 4.79 Å². The van der Waals surface area contributed by atoms with Crippen LogP contribution in [0, 0.1) is 10.1 Å². The normalized spacial score (nSPS) is 18.7. The third-order valence-electron chi connectivity index (χ3n) is 4.65. The summed E-state index contributed by atoms with van der Waals surface area (Å²) >= 11 is 1.55. The highest BCUT2D eigenvalue weighted by Gasteiger charge is 2.42. The first kappa shape index (κ1) is 19.9. The van der Waals surface area contributed by atoms with Crippen molar-refractivity contribution in [1.29, 1.82) is 0 Å². The molecule has 1 heterocycles. The topological polar surface area (TPSA) is 89.8 Å². The maximum atomic E-state index is 13.1. The molecule has 3 rings (SSSR count). The van der Waals surface area contributed by atoms with Crippen LogP contribution < -0.4 is 0 Å². The molecule has 1 amide bonds. The van der Waals surface area contributed by atoms with Gasteiger partial charge in [0.1, 0.15) is 6.04 Å². The van der Waals surface area contributed by atoms with Gasteiger partial charge in [0, 0.05) is 23.4 Å². The second-order valence-corrected chi connectivity index (χ2v) is 7.58. The number of ether oxygens (including phenoxy) is 1. The molecule has 1 saturated heterocycles.